The molecule has 0 aliphatic rings. The molecule has 0 atom stereocenters. The first kappa shape index (κ1) is 8.74. The van der Waals surface area contributed by atoms with E-state index in [1.54, 1.807) is 0 Å². The molecular formula is C9H13N3. The number of para-hydroxylation sites is 1. The second-order valence-electron chi connectivity index (χ2n) is 2.44. The molecule has 0 radical (unpaired) electrons. The van der Waals surface area contributed by atoms with E-state index >= 15 is 0 Å². The summed E-state index contributed by atoms with van der Waals surface area (Å²) in [6.07, 6.45) is 1.35. The fourth-order valence-electron chi connectivity index (χ4n) is 0.967. The predicted molar refractivity (Wildman–Crippen MR) is 51.9 cm³/mol. The maximum atomic E-state index is 7.13. The second-order valence-corrected chi connectivity index (χ2v) is 2.44. The number of hydrogen-bond acceptors (Lipinski definition) is 3. The normalized spacial score (nSPS) is 9.42. The largest absolute Gasteiger partial charge is 0.372 e. The summed E-state index contributed by atoms with van der Waals surface area (Å²) in [5.41, 5.74) is 1.90. The molecule has 0 bridgehead atoms. The highest BCUT2D eigenvalue weighted by atomic mass is 15.0. The molecule has 1 aromatic rings. The van der Waals surface area contributed by atoms with E-state index in [9.17, 15) is 0 Å². The van der Waals surface area contributed by atoms with Crippen LogP contribution in [0.3, 0.4) is 0 Å². The molecule has 0 aliphatic carbocycles. The average molecular weight is 163 g/mol. The lowest BCUT2D eigenvalue weighted by Gasteiger charge is -2.07. The van der Waals surface area contributed by atoms with Crippen molar-refractivity contribution in [2.45, 2.75) is 0 Å². The zero-order valence-electron chi connectivity index (χ0n) is 7.09. The lowest BCUT2D eigenvalue weighted by molar-refractivity contribution is 0.874. The first-order valence-electron chi connectivity index (χ1n) is 3.86. The smallest absolute Gasteiger partial charge is 0.0650 e. The Hall–Kier alpha value is -1.35. The van der Waals surface area contributed by atoms with Gasteiger partial charge in [-0.3, -0.25) is 0 Å². The van der Waals surface area contributed by atoms with Crippen LogP contribution in [-0.4, -0.2) is 19.9 Å². The summed E-state index contributed by atoms with van der Waals surface area (Å²) in [5.74, 6) is 0. The van der Waals surface area contributed by atoms with Crippen LogP contribution in [0.5, 0.6) is 0 Å². The summed E-state index contributed by atoms with van der Waals surface area (Å²) >= 11 is 0. The van der Waals surface area contributed by atoms with E-state index in [0.29, 0.717) is 6.67 Å². The van der Waals surface area contributed by atoms with Crippen molar-refractivity contribution < 1.29 is 0 Å². The molecule has 0 saturated carbocycles. The summed E-state index contributed by atoms with van der Waals surface area (Å²) in [4.78, 5) is 0. The van der Waals surface area contributed by atoms with Gasteiger partial charge >= 0.3 is 0 Å². The Morgan fingerprint density at radius 1 is 1.42 bits per heavy atom. The Labute approximate surface area is 72.3 Å². The van der Waals surface area contributed by atoms with Crippen LogP contribution >= 0.6 is 0 Å². The fourth-order valence-corrected chi connectivity index (χ4v) is 0.967. The predicted octanol–water partition coefficient (Wildman–Crippen LogP) is 1.27. The minimum absolute atomic E-state index is 0.713. The zero-order valence-corrected chi connectivity index (χ0v) is 7.09. The maximum Gasteiger partial charge on any atom is 0.0650 e. The Morgan fingerprint density at radius 2 is 2.17 bits per heavy atom. The van der Waals surface area contributed by atoms with Crippen molar-refractivity contribution in [1.82, 2.24) is 5.32 Å². The summed E-state index contributed by atoms with van der Waals surface area (Å²) in [6, 6.07) is 7.73. The topological polar surface area (TPSA) is 47.9 Å². The van der Waals surface area contributed by atoms with E-state index < -0.39 is 0 Å². The molecular weight excluding hydrogens is 150 g/mol. The monoisotopic (exact) mass is 163 g/mol. The maximum absolute atomic E-state index is 7.13. The standard InChI is InChI=1S/C9H13N3/c1-11-7-12-9-5-3-2-4-8(9)6-10/h2-6,10-12H,7H2,1H3. The van der Waals surface area contributed by atoms with Crippen molar-refractivity contribution >= 4 is 11.9 Å². The van der Waals surface area contributed by atoms with Crippen LogP contribution in [0.1, 0.15) is 5.56 Å². The third kappa shape index (κ3) is 2.07. The lowest BCUT2D eigenvalue weighted by Crippen LogP contribution is -2.17. The second kappa shape index (κ2) is 4.51. The number of hydrogen-bond donors (Lipinski definition) is 3. The van der Waals surface area contributed by atoms with Gasteiger partial charge in [0.2, 0.25) is 0 Å². The van der Waals surface area contributed by atoms with Crippen LogP contribution in [-0.2, 0) is 0 Å². The molecule has 64 valence electrons. The van der Waals surface area contributed by atoms with Crippen molar-refractivity contribution in [1.29, 1.82) is 5.41 Å². The quantitative estimate of drug-likeness (QED) is 0.462. The lowest BCUT2D eigenvalue weighted by atomic mass is 10.2. The minimum atomic E-state index is 0.713. The van der Waals surface area contributed by atoms with Crippen LogP contribution in [0.25, 0.3) is 0 Å². The van der Waals surface area contributed by atoms with E-state index in [1.165, 1.54) is 6.21 Å². The fraction of sp³-hybridized carbons (Fsp3) is 0.222. The Bertz CT molecular complexity index is 258. The van der Waals surface area contributed by atoms with Gasteiger partial charge in [0.15, 0.2) is 0 Å². The van der Waals surface area contributed by atoms with Gasteiger partial charge in [0.1, 0.15) is 0 Å². The first-order chi connectivity index (χ1) is 5.88. The van der Waals surface area contributed by atoms with E-state index in [4.69, 9.17) is 5.41 Å². The van der Waals surface area contributed by atoms with Crippen molar-refractivity contribution in [2.24, 2.45) is 0 Å². The zero-order chi connectivity index (χ0) is 8.81. The molecule has 0 amide bonds. The average Bonchev–Trinajstić information content (AvgIpc) is 2.15. The highest BCUT2D eigenvalue weighted by molar-refractivity contribution is 5.85. The van der Waals surface area contributed by atoms with E-state index in [1.807, 2.05) is 31.3 Å². The van der Waals surface area contributed by atoms with Gasteiger partial charge in [0.05, 0.1) is 6.67 Å². The Kier molecular flexibility index (Phi) is 3.29. The first-order valence-corrected chi connectivity index (χ1v) is 3.86. The van der Waals surface area contributed by atoms with Gasteiger partial charge in [-0.15, -0.1) is 0 Å². The molecule has 0 aromatic heterocycles. The van der Waals surface area contributed by atoms with Gasteiger partial charge in [-0.05, 0) is 13.1 Å². The van der Waals surface area contributed by atoms with Crippen molar-refractivity contribution in [3.8, 4) is 0 Å². The molecule has 0 unspecified atom stereocenters. The van der Waals surface area contributed by atoms with E-state index in [2.05, 4.69) is 10.6 Å². The van der Waals surface area contributed by atoms with Gasteiger partial charge in [-0.25, -0.2) is 0 Å². The molecule has 12 heavy (non-hydrogen) atoms. The molecule has 0 spiro atoms. The van der Waals surface area contributed by atoms with Gasteiger partial charge in [0.25, 0.3) is 0 Å². The molecule has 0 saturated heterocycles. The van der Waals surface area contributed by atoms with Crippen molar-refractivity contribution in [2.75, 3.05) is 19.0 Å². The Balaban J connectivity index is 2.75. The third-order valence-electron chi connectivity index (χ3n) is 1.57. The van der Waals surface area contributed by atoms with E-state index in [0.717, 1.165) is 11.3 Å². The molecule has 1 rings (SSSR count). The SMILES string of the molecule is CNCNc1ccccc1C=N. The van der Waals surface area contributed by atoms with Gasteiger partial charge in [-0.1, -0.05) is 18.2 Å². The van der Waals surface area contributed by atoms with Crippen LogP contribution in [0.15, 0.2) is 24.3 Å². The van der Waals surface area contributed by atoms with Crippen molar-refractivity contribution in [3.05, 3.63) is 29.8 Å². The number of nitrogens with one attached hydrogen (secondary N) is 3. The number of anilines is 1. The highest BCUT2D eigenvalue weighted by Crippen LogP contribution is 2.11. The molecule has 3 N–H and O–H groups in total. The van der Waals surface area contributed by atoms with Crippen LogP contribution in [0, 0.1) is 5.41 Å². The molecule has 0 aliphatic heterocycles. The van der Waals surface area contributed by atoms with E-state index in [-0.39, 0.29) is 0 Å². The number of benzene rings is 1. The summed E-state index contributed by atoms with van der Waals surface area (Å²) < 4.78 is 0. The number of rotatable bonds is 4. The van der Waals surface area contributed by atoms with Gasteiger partial charge in [-0.2, -0.15) is 0 Å². The molecule has 3 nitrogen and oxygen atoms in total. The molecule has 1 aromatic carbocycles. The third-order valence-corrected chi connectivity index (χ3v) is 1.57. The molecule has 3 heteroatoms. The summed E-state index contributed by atoms with van der Waals surface area (Å²) in [6.45, 7) is 0.713. The summed E-state index contributed by atoms with van der Waals surface area (Å²) in [7, 11) is 1.88. The Morgan fingerprint density at radius 3 is 2.83 bits per heavy atom. The van der Waals surface area contributed by atoms with Gasteiger partial charge < -0.3 is 16.0 Å². The highest BCUT2D eigenvalue weighted by Gasteiger charge is 1.94. The van der Waals surface area contributed by atoms with Crippen LogP contribution < -0.4 is 10.6 Å². The summed E-state index contributed by atoms with van der Waals surface area (Å²) in [5, 5.41) is 13.3. The minimum Gasteiger partial charge on any atom is -0.372 e. The van der Waals surface area contributed by atoms with Crippen molar-refractivity contribution in [3.63, 3.8) is 0 Å². The van der Waals surface area contributed by atoms with Gasteiger partial charge in [0, 0.05) is 17.5 Å². The molecule has 0 fully saturated rings. The molecule has 0 heterocycles. The van der Waals surface area contributed by atoms with Crippen LogP contribution in [0.4, 0.5) is 5.69 Å². The van der Waals surface area contributed by atoms with Crippen LogP contribution in [0.2, 0.25) is 0 Å².